The number of hydrogen-bond donors (Lipinski definition) is 2. The lowest BCUT2D eigenvalue weighted by atomic mass is 10.2. The number of sulfonamides is 1. The maximum absolute atomic E-state index is 13.4. The summed E-state index contributed by atoms with van der Waals surface area (Å²) in [6.07, 6.45) is 2.08. The minimum absolute atomic E-state index is 0.231. The van der Waals surface area contributed by atoms with E-state index in [1.54, 1.807) is 0 Å². The Hall–Kier alpha value is -2.19. The number of aromatic nitrogens is 1. The first-order chi connectivity index (χ1) is 9.81. The quantitative estimate of drug-likeness (QED) is 0.897. The van der Waals surface area contributed by atoms with Crippen molar-refractivity contribution in [2.45, 2.75) is 4.90 Å². The van der Waals surface area contributed by atoms with E-state index in [9.17, 15) is 17.6 Å². The number of hydrogen-bond acceptors (Lipinski definition) is 4. The van der Waals surface area contributed by atoms with Crippen LogP contribution in [0.3, 0.4) is 0 Å². The van der Waals surface area contributed by atoms with E-state index in [-0.39, 0.29) is 21.2 Å². The van der Waals surface area contributed by atoms with Crippen LogP contribution in [0.25, 0.3) is 0 Å². The van der Waals surface area contributed by atoms with Gasteiger partial charge in [-0.2, -0.15) is 0 Å². The minimum atomic E-state index is -4.10. The van der Waals surface area contributed by atoms with Crippen molar-refractivity contribution in [3.8, 4) is 0 Å². The first-order valence-corrected chi connectivity index (χ1v) is 7.32. The molecule has 0 unspecified atom stereocenters. The topological polar surface area (TPSA) is 96.4 Å². The van der Waals surface area contributed by atoms with Gasteiger partial charge in [0.15, 0.2) is 5.82 Å². The fourth-order valence-electron chi connectivity index (χ4n) is 1.50. The summed E-state index contributed by atoms with van der Waals surface area (Å²) in [4.78, 5) is 14.0. The van der Waals surface area contributed by atoms with Crippen molar-refractivity contribution < 1.29 is 22.7 Å². The van der Waals surface area contributed by atoms with Crippen LogP contribution in [0.15, 0.2) is 41.6 Å². The zero-order valence-corrected chi connectivity index (χ0v) is 11.8. The van der Waals surface area contributed by atoms with E-state index in [1.807, 2.05) is 4.72 Å². The van der Waals surface area contributed by atoms with Gasteiger partial charge in [0.1, 0.15) is 0 Å². The first-order valence-electron chi connectivity index (χ1n) is 5.46. The highest BCUT2D eigenvalue weighted by atomic mass is 35.5. The highest BCUT2D eigenvalue weighted by Crippen LogP contribution is 2.23. The van der Waals surface area contributed by atoms with Crippen molar-refractivity contribution in [1.29, 1.82) is 0 Å². The third-order valence-corrected chi connectivity index (χ3v) is 4.17. The second-order valence-electron chi connectivity index (χ2n) is 3.91. The average Bonchev–Trinajstić information content (AvgIpc) is 2.40. The molecule has 1 aromatic heterocycles. The fraction of sp³-hybridized carbons (Fsp3) is 0. The Bertz CT molecular complexity index is 811. The molecule has 0 saturated carbocycles. The third kappa shape index (κ3) is 3.29. The van der Waals surface area contributed by atoms with Crippen LogP contribution in [-0.2, 0) is 10.0 Å². The van der Waals surface area contributed by atoms with Gasteiger partial charge in [-0.25, -0.2) is 17.6 Å². The number of halogens is 2. The predicted molar refractivity (Wildman–Crippen MR) is 73.4 cm³/mol. The van der Waals surface area contributed by atoms with Crippen LogP contribution >= 0.6 is 11.6 Å². The van der Waals surface area contributed by atoms with Crippen LogP contribution in [0.5, 0.6) is 0 Å². The Balaban J connectivity index is 2.39. The van der Waals surface area contributed by atoms with E-state index >= 15 is 0 Å². The fourth-order valence-corrected chi connectivity index (χ4v) is 2.92. The summed E-state index contributed by atoms with van der Waals surface area (Å²) >= 11 is 5.71. The zero-order chi connectivity index (χ0) is 15.6. The zero-order valence-electron chi connectivity index (χ0n) is 10.2. The van der Waals surface area contributed by atoms with Crippen LogP contribution in [-0.4, -0.2) is 24.5 Å². The van der Waals surface area contributed by atoms with Gasteiger partial charge in [-0.1, -0.05) is 11.6 Å². The Morgan fingerprint density at radius 1 is 1.33 bits per heavy atom. The summed E-state index contributed by atoms with van der Waals surface area (Å²) < 4.78 is 39.6. The molecule has 2 aromatic rings. The molecule has 110 valence electrons. The molecule has 0 aliphatic carbocycles. The standard InChI is InChI=1S/C12H8ClFN2O4S/c13-9-5-7(1-2-8(9)12(17)18)21(19,20)16-11-3-4-15-6-10(11)14/h1-6H,(H,15,16)(H,17,18). The summed E-state index contributed by atoms with van der Waals surface area (Å²) in [5.74, 6) is -2.12. The first kappa shape index (κ1) is 15.2. The van der Waals surface area contributed by atoms with Crippen molar-refractivity contribution in [2.75, 3.05) is 4.72 Å². The van der Waals surface area contributed by atoms with E-state index in [1.165, 1.54) is 6.20 Å². The molecule has 6 nitrogen and oxygen atoms in total. The number of carboxylic acid groups (broad SMARTS) is 1. The Morgan fingerprint density at radius 3 is 2.62 bits per heavy atom. The second-order valence-corrected chi connectivity index (χ2v) is 6.00. The van der Waals surface area contributed by atoms with Crippen LogP contribution in [0.1, 0.15) is 10.4 Å². The third-order valence-electron chi connectivity index (χ3n) is 2.50. The van der Waals surface area contributed by atoms with Crippen molar-refractivity contribution in [2.24, 2.45) is 0 Å². The van der Waals surface area contributed by atoms with Crippen LogP contribution in [0.4, 0.5) is 10.1 Å². The smallest absolute Gasteiger partial charge is 0.337 e. The van der Waals surface area contributed by atoms with Gasteiger partial charge in [-0.3, -0.25) is 9.71 Å². The average molecular weight is 331 g/mol. The predicted octanol–water partition coefficient (Wildman–Crippen LogP) is 2.37. The van der Waals surface area contributed by atoms with Gasteiger partial charge < -0.3 is 5.11 Å². The summed E-state index contributed by atoms with van der Waals surface area (Å²) in [7, 11) is -4.10. The molecule has 0 radical (unpaired) electrons. The molecule has 9 heteroatoms. The summed E-state index contributed by atoms with van der Waals surface area (Å²) in [5.41, 5.74) is -0.505. The monoisotopic (exact) mass is 330 g/mol. The number of carboxylic acids is 1. The lowest BCUT2D eigenvalue weighted by Gasteiger charge is -2.09. The van der Waals surface area contributed by atoms with E-state index in [4.69, 9.17) is 16.7 Å². The lowest BCUT2D eigenvalue weighted by Crippen LogP contribution is -2.14. The molecule has 2 N–H and O–H groups in total. The summed E-state index contributed by atoms with van der Waals surface area (Å²) in [5, 5.41) is 8.59. The molecular weight excluding hydrogens is 323 g/mol. The van der Waals surface area contributed by atoms with E-state index in [2.05, 4.69) is 4.98 Å². The van der Waals surface area contributed by atoms with Crippen molar-refractivity contribution >= 4 is 33.3 Å². The number of aromatic carboxylic acids is 1. The largest absolute Gasteiger partial charge is 0.478 e. The molecule has 0 atom stereocenters. The molecule has 0 aliphatic heterocycles. The molecule has 21 heavy (non-hydrogen) atoms. The number of nitrogens with one attached hydrogen (secondary N) is 1. The number of anilines is 1. The number of carbonyl (C=O) groups is 1. The van der Waals surface area contributed by atoms with Gasteiger partial charge in [0.2, 0.25) is 0 Å². The number of benzene rings is 1. The molecule has 0 fully saturated rings. The van der Waals surface area contributed by atoms with Crippen LogP contribution < -0.4 is 4.72 Å². The number of nitrogens with zero attached hydrogens (tertiary/aromatic N) is 1. The maximum atomic E-state index is 13.4. The highest BCUT2D eigenvalue weighted by molar-refractivity contribution is 7.92. The molecule has 0 bridgehead atoms. The van der Waals surface area contributed by atoms with Gasteiger partial charge >= 0.3 is 5.97 Å². The van der Waals surface area contributed by atoms with Gasteiger partial charge in [-0.15, -0.1) is 0 Å². The highest BCUT2D eigenvalue weighted by Gasteiger charge is 2.19. The second kappa shape index (κ2) is 5.66. The molecule has 0 aliphatic rings. The molecule has 0 spiro atoms. The van der Waals surface area contributed by atoms with E-state index < -0.39 is 21.8 Å². The summed E-state index contributed by atoms with van der Waals surface area (Å²) in [6, 6.07) is 4.26. The Labute approximate surface area is 124 Å². The van der Waals surface area contributed by atoms with Crippen LogP contribution in [0, 0.1) is 5.82 Å². The summed E-state index contributed by atoms with van der Waals surface area (Å²) in [6.45, 7) is 0. The van der Waals surface area contributed by atoms with Crippen molar-refractivity contribution in [1.82, 2.24) is 4.98 Å². The van der Waals surface area contributed by atoms with Crippen molar-refractivity contribution in [3.05, 3.63) is 53.1 Å². The van der Waals surface area contributed by atoms with Gasteiger partial charge in [0.25, 0.3) is 10.0 Å². The Kier molecular flexibility index (Phi) is 4.10. The van der Waals surface area contributed by atoms with Gasteiger partial charge in [0.05, 0.1) is 27.4 Å². The van der Waals surface area contributed by atoms with E-state index in [0.717, 1.165) is 30.5 Å². The Morgan fingerprint density at radius 2 is 2.05 bits per heavy atom. The number of pyridine rings is 1. The maximum Gasteiger partial charge on any atom is 0.337 e. The SMILES string of the molecule is O=C(O)c1ccc(S(=O)(=O)Nc2ccncc2F)cc1Cl. The lowest BCUT2D eigenvalue weighted by molar-refractivity contribution is 0.0697. The van der Waals surface area contributed by atoms with Gasteiger partial charge in [0, 0.05) is 6.20 Å². The molecule has 0 saturated heterocycles. The molecule has 1 aromatic carbocycles. The molecular formula is C12H8ClFN2O4S. The molecule has 2 rings (SSSR count). The molecule has 0 amide bonds. The normalized spacial score (nSPS) is 11.1. The number of rotatable bonds is 4. The minimum Gasteiger partial charge on any atom is -0.478 e. The van der Waals surface area contributed by atoms with Crippen molar-refractivity contribution in [3.63, 3.8) is 0 Å². The van der Waals surface area contributed by atoms with Gasteiger partial charge in [-0.05, 0) is 24.3 Å². The molecule has 1 heterocycles. The van der Waals surface area contributed by atoms with Crippen LogP contribution in [0.2, 0.25) is 5.02 Å². The van der Waals surface area contributed by atoms with E-state index in [0.29, 0.717) is 0 Å².